The molecule has 3 aromatic rings. The normalized spacial score (nSPS) is 11.3. The van der Waals surface area contributed by atoms with Gasteiger partial charge in [0, 0.05) is 33.6 Å². The van der Waals surface area contributed by atoms with Gasteiger partial charge in [-0.15, -0.1) is 0 Å². The largest absolute Gasteiger partial charge is 0.366 e. The Balaban J connectivity index is 1.95. The topological polar surface area (TPSA) is 76.0 Å². The van der Waals surface area contributed by atoms with Crippen LogP contribution in [-0.4, -0.2) is 16.7 Å². The zero-order valence-electron chi connectivity index (χ0n) is 16.8. The minimum absolute atomic E-state index is 0.0166. The molecule has 3 rings (SSSR count). The van der Waals surface area contributed by atoms with Crippen LogP contribution in [-0.2, 0) is 19.3 Å². The number of hydrogen-bond donors (Lipinski definition) is 2. The molecule has 0 unspecified atom stereocenters. The first kappa shape index (κ1) is 19.9. The van der Waals surface area contributed by atoms with E-state index in [1.807, 2.05) is 44.2 Å². The van der Waals surface area contributed by atoms with Crippen LogP contribution in [0.25, 0.3) is 10.9 Å². The molecule has 0 aliphatic rings. The number of nitrogens with two attached hydrogens (primary N) is 1. The van der Waals surface area contributed by atoms with E-state index in [2.05, 4.69) is 18.0 Å². The lowest BCUT2D eigenvalue weighted by molar-refractivity contribution is 0.0937. The number of aromatic nitrogens is 1. The first-order chi connectivity index (χ1) is 13.4. The first-order valence-electron chi connectivity index (χ1n) is 9.97. The minimum Gasteiger partial charge on any atom is -0.366 e. The van der Waals surface area contributed by atoms with Gasteiger partial charge in [-0.1, -0.05) is 57.5 Å². The molecule has 1 amide bonds. The van der Waals surface area contributed by atoms with Crippen LogP contribution in [0.3, 0.4) is 0 Å². The molecular weight excluding hydrogens is 348 g/mol. The molecule has 0 saturated heterocycles. The monoisotopic (exact) mass is 376 g/mol. The van der Waals surface area contributed by atoms with E-state index in [1.54, 1.807) is 6.07 Å². The Morgan fingerprint density at radius 1 is 1.04 bits per heavy atom. The number of carbonyl (C=O) groups is 2. The predicted octanol–water partition coefficient (Wildman–Crippen LogP) is 4.84. The molecule has 0 aliphatic heterocycles. The lowest BCUT2D eigenvalue weighted by Gasteiger charge is -2.11. The Kier molecular flexibility index (Phi) is 5.98. The van der Waals surface area contributed by atoms with Gasteiger partial charge < -0.3 is 10.7 Å². The van der Waals surface area contributed by atoms with Crippen molar-refractivity contribution in [3.63, 3.8) is 0 Å². The number of amides is 1. The van der Waals surface area contributed by atoms with Gasteiger partial charge in [-0.3, -0.25) is 9.59 Å². The molecular formula is C24H28N2O2. The van der Waals surface area contributed by atoms with Crippen molar-refractivity contribution in [2.24, 2.45) is 11.7 Å². The summed E-state index contributed by atoms with van der Waals surface area (Å²) in [5, 5.41) is 1.13. The third kappa shape index (κ3) is 4.01. The summed E-state index contributed by atoms with van der Waals surface area (Å²) in [6.07, 6.45) is 3.62. The summed E-state index contributed by atoms with van der Waals surface area (Å²) < 4.78 is 0. The van der Waals surface area contributed by atoms with Crippen molar-refractivity contribution in [3.05, 3.63) is 70.4 Å². The number of carbonyl (C=O) groups excluding carboxylic acids is 2. The molecule has 2 aromatic carbocycles. The Bertz CT molecular complexity index is 1010. The predicted molar refractivity (Wildman–Crippen MR) is 114 cm³/mol. The number of nitrogens with one attached hydrogen (secondary N) is 1. The third-order valence-corrected chi connectivity index (χ3v) is 5.23. The van der Waals surface area contributed by atoms with E-state index >= 15 is 0 Å². The summed E-state index contributed by atoms with van der Waals surface area (Å²) in [6, 6.07) is 13.5. The van der Waals surface area contributed by atoms with E-state index in [0.29, 0.717) is 5.56 Å². The van der Waals surface area contributed by atoms with Crippen molar-refractivity contribution in [1.82, 2.24) is 4.98 Å². The van der Waals surface area contributed by atoms with Crippen LogP contribution in [0.4, 0.5) is 0 Å². The Labute approximate surface area is 166 Å². The molecule has 0 bridgehead atoms. The molecule has 0 atom stereocenters. The van der Waals surface area contributed by atoms with Crippen molar-refractivity contribution < 1.29 is 9.59 Å². The second-order valence-corrected chi connectivity index (χ2v) is 7.63. The molecule has 1 aromatic heterocycles. The summed E-state index contributed by atoms with van der Waals surface area (Å²) >= 11 is 0. The minimum atomic E-state index is -0.420. The number of aromatic amines is 1. The van der Waals surface area contributed by atoms with Crippen LogP contribution in [0.2, 0.25) is 0 Å². The van der Waals surface area contributed by atoms with Gasteiger partial charge in [0.1, 0.15) is 0 Å². The number of Topliss-reactive ketones (excluding diaryl/α,β-unsaturated/α-hetero) is 1. The highest BCUT2D eigenvalue weighted by Crippen LogP contribution is 2.27. The van der Waals surface area contributed by atoms with Crippen LogP contribution in [0.15, 0.2) is 42.5 Å². The van der Waals surface area contributed by atoms with Crippen molar-refractivity contribution in [1.29, 1.82) is 0 Å². The number of primary amides is 1. The highest BCUT2D eigenvalue weighted by Gasteiger charge is 2.17. The van der Waals surface area contributed by atoms with Crippen LogP contribution in [0.5, 0.6) is 0 Å². The molecule has 4 nitrogen and oxygen atoms in total. The maximum absolute atomic E-state index is 12.6. The number of rotatable bonds is 8. The average Bonchev–Trinajstić information content (AvgIpc) is 3.02. The number of benzene rings is 2. The van der Waals surface area contributed by atoms with Crippen molar-refractivity contribution in [2.75, 3.05) is 0 Å². The second kappa shape index (κ2) is 8.42. The smallest absolute Gasteiger partial charge is 0.248 e. The van der Waals surface area contributed by atoms with E-state index in [9.17, 15) is 9.59 Å². The third-order valence-electron chi connectivity index (χ3n) is 5.23. The van der Waals surface area contributed by atoms with E-state index < -0.39 is 5.91 Å². The van der Waals surface area contributed by atoms with Crippen molar-refractivity contribution in [3.8, 4) is 0 Å². The Hall–Kier alpha value is -2.88. The van der Waals surface area contributed by atoms with E-state index in [1.165, 1.54) is 11.3 Å². The number of fused-ring (bicyclic) bond motifs is 1. The van der Waals surface area contributed by atoms with Gasteiger partial charge in [0.05, 0.1) is 0 Å². The zero-order chi connectivity index (χ0) is 20.3. The van der Waals surface area contributed by atoms with E-state index in [0.717, 1.165) is 47.7 Å². The molecule has 0 spiro atoms. The fraction of sp³-hybridized carbons (Fsp3) is 0.333. The maximum atomic E-state index is 12.6. The Morgan fingerprint density at radius 2 is 1.79 bits per heavy atom. The Morgan fingerprint density at radius 3 is 2.46 bits per heavy atom. The molecule has 1 heterocycles. The maximum Gasteiger partial charge on any atom is 0.248 e. The zero-order valence-corrected chi connectivity index (χ0v) is 16.8. The number of H-pyrrole nitrogens is 1. The van der Waals surface area contributed by atoms with Gasteiger partial charge in [-0.25, -0.2) is 0 Å². The molecule has 28 heavy (non-hydrogen) atoms. The van der Waals surface area contributed by atoms with Crippen LogP contribution in [0, 0.1) is 5.92 Å². The summed E-state index contributed by atoms with van der Waals surface area (Å²) in [7, 11) is 0. The van der Waals surface area contributed by atoms with Gasteiger partial charge in [-0.2, -0.15) is 0 Å². The van der Waals surface area contributed by atoms with Crippen LogP contribution in [0.1, 0.15) is 64.7 Å². The SMILES string of the molecule is CCCc1[nH]c2cc(C(N)=O)ccc2c1CCc1ccccc1C(=O)C(C)C. The lowest BCUT2D eigenvalue weighted by atomic mass is 9.92. The summed E-state index contributed by atoms with van der Waals surface area (Å²) in [5.74, 6) is -0.247. The molecule has 146 valence electrons. The molecule has 0 radical (unpaired) electrons. The van der Waals surface area contributed by atoms with Crippen LogP contribution < -0.4 is 5.73 Å². The van der Waals surface area contributed by atoms with Crippen molar-refractivity contribution >= 4 is 22.6 Å². The van der Waals surface area contributed by atoms with Gasteiger partial charge in [0.25, 0.3) is 0 Å². The van der Waals surface area contributed by atoms with Crippen LogP contribution >= 0.6 is 0 Å². The van der Waals surface area contributed by atoms with Crippen molar-refractivity contribution in [2.45, 2.75) is 46.5 Å². The number of ketones is 1. The van der Waals surface area contributed by atoms with E-state index in [4.69, 9.17) is 5.73 Å². The summed E-state index contributed by atoms with van der Waals surface area (Å²) in [5.41, 5.74) is 11.3. The lowest BCUT2D eigenvalue weighted by Crippen LogP contribution is -2.11. The quantitative estimate of drug-likeness (QED) is 0.552. The highest BCUT2D eigenvalue weighted by atomic mass is 16.1. The molecule has 0 saturated carbocycles. The second-order valence-electron chi connectivity index (χ2n) is 7.63. The number of aryl methyl sites for hydroxylation is 3. The molecule has 0 aliphatic carbocycles. The van der Waals surface area contributed by atoms with Gasteiger partial charge in [0.15, 0.2) is 5.78 Å². The highest BCUT2D eigenvalue weighted by molar-refractivity contribution is 5.99. The van der Waals surface area contributed by atoms with Gasteiger partial charge >= 0.3 is 0 Å². The molecule has 4 heteroatoms. The summed E-state index contributed by atoms with van der Waals surface area (Å²) in [4.78, 5) is 27.5. The molecule has 3 N–H and O–H groups in total. The van der Waals surface area contributed by atoms with Gasteiger partial charge in [0.2, 0.25) is 5.91 Å². The first-order valence-corrected chi connectivity index (χ1v) is 9.97. The summed E-state index contributed by atoms with van der Waals surface area (Å²) in [6.45, 7) is 6.03. The number of hydrogen-bond acceptors (Lipinski definition) is 2. The van der Waals surface area contributed by atoms with E-state index in [-0.39, 0.29) is 11.7 Å². The fourth-order valence-corrected chi connectivity index (χ4v) is 3.76. The average molecular weight is 377 g/mol. The standard InChI is InChI=1S/C24H28N2O2/c1-4-7-21-19(20-13-11-17(24(25)28)14-22(20)26-21)12-10-16-8-5-6-9-18(16)23(27)15(2)3/h5-6,8-9,11,13-15,26H,4,7,10,12H2,1-3H3,(H2,25,28). The fourth-order valence-electron chi connectivity index (χ4n) is 3.76. The van der Waals surface area contributed by atoms with Gasteiger partial charge in [-0.05, 0) is 42.5 Å². The molecule has 0 fully saturated rings.